The lowest BCUT2D eigenvalue weighted by molar-refractivity contribution is -0.139. The molecule has 3 nitrogen and oxygen atoms in total. The number of hydrogen-bond acceptors (Lipinski definition) is 4. The molecule has 0 aliphatic carbocycles. The predicted molar refractivity (Wildman–Crippen MR) is 48.2 cm³/mol. The molecule has 0 N–H and O–H groups in total. The van der Waals surface area contributed by atoms with E-state index in [1.54, 1.807) is 0 Å². The number of thiazole rings is 1. The number of aromatic nitrogens is 1. The molecule has 1 heterocycles. The fourth-order valence-corrected chi connectivity index (χ4v) is 1.59. The molecule has 1 rings (SSSR count). The maximum Gasteiger partial charge on any atom is 0.311 e. The Morgan fingerprint density at radius 1 is 1.83 bits per heavy atom. The molecule has 6 heteroatoms. The van der Waals surface area contributed by atoms with Gasteiger partial charge in [-0.3, -0.25) is 4.79 Å². The van der Waals surface area contributed by atoms with Gasteiger partial charge in [-0.25, -0.2) is 4.98 Å². The maximum absolute atomic E-state index is 10.8. The zero-order valence-corrected chi connectivity index (χ0v) is 7.91. The molecule has 0 unspecified atom stereocenters. The number of hydrogen-bond donors (Lipinski definition) is 0. The van der Waals surface area contributed by atoms with Crippen LogP contribution in [0.15, 0.2) is 0 Å². The molecule has 0 fully saturated rings. The Labute approximate surface area is 80.1 Å². The molecular weight excluding hydrogens is 196 g/mol. The van der Waals surface area contributed by atoms with E-state index in [1.165, 1.54) is 7.11 Å². The Morgan fingerprint density at radius 3 is 2.92 bits per heavy atom. The molecule has 1 aromatic heterocycles. The number of methoxy groups -OCH3 is 1. The largest absolute Gasteiger partial charge is 0.469 e. The van der Waals surface area contributed by atoms with Gasteiger partial charge in [0.15, 0.2) is 4.47 Å². The first kappa shape index (κ1) is 9.54. The van der Waals surface area contributed by atoms with Crippen LogP contribution in [-0.2, 0) is 16.0 Å². The van der Waals surface area contributed by atoms with Gasteiger partial charge in [0.1, 0.15) is 7.85 Å². The maximum atomic E-state index is 10.8. The van der Waals surface area contributed by atoms with Crippen LogP contribution < -0.4 is 4.78 Å². The first-order chi connectivity index (χ1) is 5.63. The monoisotopic (exact) mass is 201 g/mol. The lowest BCUT2D eigenvalue weighted by atomic mass is 10.0. The van der Waals surface area contributed by atoms with Gasteiger partial charge < -0.3 is 4.74 Å². The highest BCUT2D eigenvalue weighted by molar-refractivity contribution is 7.23. The van der Waals surface area contributed by atoms with Crippen molar-refractivity contribution in [2.45, 2.75) is 6.42 Å². The van der Waals surface area contributed by atoms with Crippen LogP contribution >= 0.6 is 22.9 Å². The molecule has 0 spiro atoms. The minimum Gasteiger partial charge on any atom is -0.469 e. The number of nitrogens with zero attached hydrogens (tertiary/aromatic N) is 1. The molecule has 12 heavy (non-hydrogen) atoms. The second-order valence-electron chi connectivity index (χ2n) is 2.03. The van der Waals surface area contributed by atoms with Crippen molar-refractivity contribution < 1.29 is 9.53 Å². The molecule has 62 valence electrons. The second kappa shape index (κ2) is 3.91. The van der Waals surface area contributed by atoms with Crippen LogP contribution in [0.4, 0.5) is 0 Å². The molecule has 0 atom stereocenters. The minimum absolute atomic E-state index is 0.0750. The molecule has 0 aliphatic rings. The van der Waals surface area contributed by atoms with E-state index in [4.69, 9.17) is 19.4 Å². The van der Waals surface area contributed by atoms with E-state index in [2.05, 4.69) is 9.72 Å². The van der Waals surface area contributed by atoms with Crippen molar-refractivity contribution in [1.82, 2.24) is 4.98 Å². The van der Waals surface area contributed by atoms with E-state index < -0.39 is 0 Å². The van der Waals surface area contributed by atoms with Crippen LogP contribution in [0.2, 0.25) is 4.47 Å². The summed E-state index contributed by atoms with van der Waals surface area (Å²) in [4.78, 5) is 14.6. The molecule has 0 aromatic carbocycles. The van der Waals surface area contributed by atoms with Crippen molar-refractivity contribution >= 4 is 41.5 Å². The predicted octanol–water partition coefficient (Wildman–Crippen LogP) is 0.306. The second-order valence-corrected chi connectivity index (χ2v) is 3.64. The minimum atomic E-state index is -0.372. The lowest BCUT2D eigenvalue weighted by Crippen LogP contribution is -2.12. The van der Waals surface area contributed by atoms with Crippen molar-refractivity contribution in [3.63, 3.8) is 0 Å². The van der Waals surface area contributed by atoms with Gasteiger partial charge in [-0.15, -0.1) is 11.3 Å². The quantitative estimate of drug-likeness (QED) is 0.511. The third kappa shape index (κ3) is 2.22. The van der Waals surface area contributed by atoms with E-state index in [0.29, 0.717) is 14.9 Å². The summed E-state index contributed by atoms with van der Waals surface area (Å²) in [5, 5.41) is 0. The topological polar surface area (TPSA) is 39.2 Å². The summed E-state index contributed by atoms with van der Waals surface area (Å²) in [6.07, 6.45) is 0.0750. The van der Waals surface area contributed by atoms with Gasteiger partial charge in [-0.05, 0) is 4.78 Å². The van der Waals surface area contributed by atoms with Crippen molar-refractivity contribution in [3.8, 4) is 0 Å². The van der Waals surface area contributed by atoms with E-state index in [1.807, 2.05) is 0 Å². The highest BCUT2D eigenvalue weighted by Crippen LogP contribution is 2.12. The summed E-state index contributed by atoms with van der Waals surface area (Å²) in [7, 11) is 6.82. The Hall–Kier alpha value is -0.545. The average Bonchev–Trinajstić information content (AvgIpc) is 2.30. The van der Waals surface area contributed by atoms with Gasteiger partial charge >= 0.3 is 5.97 Å². The Morgan fingerprint density at radius 2 is 2.50 bits per heavy atom. The molecule has 0 saturated heterocycles. The van der Waals surface area contributed by atoms with E-state index in [-0.39, 0.29) is 12.4 Å². The van der Waals surface area contributed by atoms with Crippen LogP contribution in [0.3, 0.4) is 0 Å². The molecule has 0 amide bonds. The van der Waals surface area contributed by atoms with Gasteiger partial charge in [-0.2, -0.15) is 0 Å². The number of halogens is 1. The van der Waals surface area contributed by atoms with Crippen molar-refractivity contribution in [1.29, 1.82) is 0 Å². The molecule has 1 aromatic rings. The fraction of sp³-hybridized carbons (Fsp3) is 0.333. The highest BCUT2D eigenvalue weighted by Gasteiger charge is 2.09. The standard InChI is InChI=1S/C6H5BClNO2S/c1-11-4(10)2-3-5(7)12-6(8)9-3/h2H2,1H3. The van der Waals surface area contributed by atoms with Crippen LogP contribution in [-0.4, -0.2) is 25.9 Å². The molecule has 0 saturated carbocycles. The number of ether oxygens (including phenoxy) is 1. The van der Waals surface area contributed by atoms with Crippen LogP contribution in [0.1, 0.15) is 5.69 Å². The summed E-state index contributed by atoms with van der Waals surface area (Å²) in [6.45, 7) is 0. The number of carbonyl (C=O) groups is 1. The van der Waals surface area contributed by atoms with Gasteiger partial charge in [0, 0.05) is 0 Å². The third-order valence-electron chi connectivity index (χ3n) is 1.24. The van der Waals surface area contributed by atoms with Crippen molar-refractivity contribution in [2.24, 2.45) is 0 Å². The summed E-state index contributed by atoms with van der Waals surface area (Å²) in [5.74, 6) is -0.372. The smallest absolute Gasteiger partial charge is 0.311 e. The number of esters is 1. The summed E-state index contributed by atoms with van der Waals surface area (Å²) >= 11 is 6.71. The van der Waals surface area contributed by atoms with Crippen molar-refractivity contribution in [3.05, 3.63) is 10.2 Å². The van der Waals surface area contributed by atoms with Crippen LogP contribution in [0.5, 0.6) is 0 Å². The Bertz CT molecular complexity index is 302. The van der Waals surface area contributed by atoms with Gasteiger partial charge in [0.25, 0.3) is 0 Å². The fourth-order valence-electron chi connectivity index (χ4n) is 0.669. The Balaban J connectivity index is 2.75. The average molecular weight is 201 g/mol. The molecule has 2 radical (unpaired) electrons. The summed E-state index contributed by atoms with van der Waals surface area (Å²) < 4.78 is 5.25. The van der Waals surface area contributed by atoms with Gasteiger partial charge in [-0.1, -0.05) is 11.6 Å². The highest BCUT2D eigenvalue weighted by atomic mass is 35.5. The lowest BCUT2D eigenvalue weighted by Gasteiger charge is -1.95. The zero-order chi connectivity index (χ0) is 9.14. The van der Waals surface area contributed by atoms with Gasteiger partial charge in [0.2, 0.25) is 0 Å². The van der Waals surface area contributed by atoms with E-state index in [9.17, 15) is 4.79 Å². The first-order valence-corrected chi connectivity index (χ1v) is 4.30. The first-order valence-electron chi connectivity index (χ1n) is 3.11. The summed E-state index contributed by atoms with van der Waals surface area (Å²) in [5.41, 5.74) is 0.483. The number of carbonyl (C=O) groups excluding carboxylic acids is 1. The molecule has 0 aliphatic heterocycles. The van der Waals surface area contributed by atoms with Crippen LogP contribution in [0.25, 0.3) is 0 Å². The molecular formula is C6H5BClNO2S. The molecule has 0 bridgehead atoms. The number of rotatable bonds is 2. The van der Waals surface area contributed by atoms with Crippen molar-refractivity contribution in [2.75, 3.05) is 7.11 Å². The summed E-state index contributed by atoms with van der Waals surface area (Å²) in [6, 6.07) is 0. The third-order valence-corrected chi connectivity index (χ3v) is 2.27. The van der Waals surface area contributed by atoms with E-state index in [0.717, 1.165) is 11.3 Å². The van der Waals surface area contributed by atoms with Gasteiger partial charge in [0.05, 0.1) is 19.2 Å². The SMILES string of the molecule is [B]c1sc(Cl)nc1CC(=O)OC. The Kier molecular flexibility index (Phi) is 3.11. The van der Waals surface area contributed by atoms with E-state index >= 15 is 0 Å². The zero-order valence-electron chi connectivity index (χ0n) is 6.33. The van der Waals surface area contributed by atoms with Crippen LogP contribution in [0, 0.1) is 0 Å². The normalized spacial score (nSPS) is 9.83.